The van der Waals surface area contributed by atoms with Crippen molar-refractivity contribution in [1.82, 2.24) is 10.2 Å². The van der Waals surface area contributed by atoms with Crippen molar-refractivity contribution in [2.75, 3.05) is 13.1 Å². The molecule has 0 bridgehead atoms. The van der Waals surface area contributed by atoms with E-state index in [9.17, 15) is 14.7 Å². The molecule has 13 heavy (non-hydrogen) atoms. The first-order chi connectivity index (χ1) is 6.00. The molecular weight excluding hydrogens is 176 g/mol. The van der Waals surface area contributed by atoms with E-state index >= 15 is 0 Å². The minimum Gasteiger partial charge on any atom is -0.465 e. The lowest BCUT2D eigenvalue weighted by Crippen LogP contribution is -2.41. The second kappa shape index (κ2) is 3.61. The predicted octanol–water partition coefficient (Wildman–Crippen LogP) is -1.15. The summed E-state index contributed by atoms with van der Waals surface area (Å²) in [6.07, 6.45) is -1.88. The molecule has 2 atom stereocenters. The van der Waals surface area contributed by atoms with Gasteiger partial charge < -0.3 is 20.4 Å². The molecule has 2 unspecified atom stereocenters. The van der Waals surface area contributed by atoms with Gasteiger partial charge >= 0.3 is 6.09 Å². The first-order valence-electron chi connectivity index (χ1n) is 3.93. The van der Waals surface area contributed by atoms with E-state index < -0.39 is 18.2 Å². The molecule has 2 amide bonds. The monoisotopic (exact) mass is 188 g/mol. The first kappa shape index (κ1) is 9.79. The number of rotatable bonds is 1. The fourth-order valence-corrected chi connectivity index (χ4v) is 1.35. The van der Waals surface area contributed by atoms with Gasteiger partial charge in [0.1, 0.15) is 0 Å². The molecule has 1 aliphatic rings. The standard InChI is InChI=1S/C7H12N2O4/c1-4(10)8-5-2-9(7(12)13)3-6(5)11/h5-6,11H,2-3H2,1H3,(H,8,10)(H,12,13). The highest BCUT2D eigenvalue weighted by Crippen LogP contribution is 2.09. The highest BCUT2D eigenvalue weighted by atomic mass is 16.4. The van der Waals surface area contributed by atoms with Gasteiger partial charge in [-0.15, -0.1) is 0 Å². The molecule has 0 spiro atoms. The van der Waals surface area contributed by atoms with Gasteiger partial charge in [-0.25, -0.2) is 4.79 Å². The lowest BCUT2D eigenvalue weighted by molar-refractivity contribution is -0.120. The third-order valence-corrected chi connectivity index (χ3v) is 1.95. The van der Waals surface area contributed by atoms with Crippen LogP contribution in [0, 0.1) is 0 Å². The number of aliphatic hydroxyl groups is 1. The van der Waals surface area contributed by atoms with Crippen LogP contribution in [0.15, 0.2) is 0 Å². The van der Waals surface area contributed by atoms with Crippen molar-refractivity contribution in [2.45, 2.75) is 19.1 Å². The molecule has 1 aliphatic heterocycles. The molecule has 1 heterocycles. The minimum atomic E-state index is -1.08. The SMILES string of the molecule is CC(=O)NC1CN(C(=O)O)CC1O. The molecule has 0 saturated carbocycles. The Morgan fingerprint density at radius 2 is 2.08 bits per heavy atom. The third-order valence-electron chi connectivity index (χ3n) is 1.95. The number of carbonyl (C=O) groups excluding carboxylic acids is 1. The van der Waals surface area contributed by atoms with E-state index in [0.29, 0.717) is 0 Å². The number of hydrogen-bond acceptors (Lipinski definition) is 3. The Kier molecular flexibility index (Phi) is 2.72. The zero-order valence-electron chi connectivity index (χ0n) is 7.23. The maximum atomic E-state index is 10.6. The number of β-amino-alcohol motifs (C(OH)–C–C–N with tert-alkyl or cyclic N) is 1. The second-order valence-corrected chi connectivity index (χ2v) is 3.06. The van der Waals surface area contributed by atoms with Gasteiger partial charge in [0.05, 0.1) is 18.7 Å². The number of amides is 2. The molecule has 74 valence electrons. The lowest BCUT2D eigenvalue weighted by Gasteiger charge is -2.13. The highest BCUT2D eigenvalue weighted by Gasteiger charge is 2.34. The first-order valence-corrected chi connectivity index (χ1v) is 3.93. The van der Waals surface area contributed by atoms with Crippen LogP contribution in [0.25, 0.3) is 0 Å². The van der Waals surface area contributed by atoms with E-state index in [4.69, 9.17) is 5.11 Å². The Hall–Kier alpha value is -1.30. The highest BCUT2D eigenvalue weighted by molar-refractivity contribution is 5.73. The van der Waals surface area contributed by atoms with Crippen molar-refractivity contribution in [3.05, 3.63) is 0 Å². The number of nitrogens with zero attached hydrogens (tertiary/aromatic N) is 1. The molecule has 0 aromatic heterocycles. The molecule has 6 nitrogen and oxygen atoms in total. The fraction of sp³-hybridized carbons (Fsp3) is 0.714. The summed E-state index contributed by atoms with van der Waals surface area (Å²) in [5.74, 6) is -0.267. The number of hydrogen-bond donors (Lipinski definition) is 3. The van der Waals surface area contributed by atoms with Crippen LogP contribution in [0.1, 0.15) is 6.92 Å². The van der Waals surface area contributed by atoms with E-state index in [1.807, 2.05) is 0 Å². The summed E-state index contributed by atoms with van der Waals surface area (Å²) in [5, 5.41) is 20.4. The quantitative estimate of drug-likeness (QED) is 0.484. The summed E-state index contributed by atoms with van der Waals surface area (Å²) in [5.41, 5.74) is 0. The third kappa shape index (κ3) is 2.32. The van der Waals surface area contributed by atoms with Gasteiger partial charge in [0.25, 0.3) is 0 Å². The van der Waals surface area contributed by atoms with E-state index in [1.165, 1.54) is 6.92 Å². The molecule has 0 aromatic rings. The predicted molar refractivity (Wildman–Crippen MR) is 43.2 cm³/mol. The van der Waals surface area contributed by atoms with Crippen LogP contribution in [0.2, 0.25) is 0 Å². The smallest absolute Gasteiger partial charge is 0.407 e. The van der Waals surface area contributed by atoms with Crippen molar-refractivity contribution in [1.29, 1.82) is 0 Å². The molecular formula is C7H12N2O4. The van der Waals surface area contributed by atoms with E-state index in [2.05, 4.69) is 5.32 Å². The van der Waals surface area contributed by atoms with Crippen molar-refractivity contribution < 1.29 is 19.8 Å². The van der Waals surface area contributed by atoms with Gasteiger partial charge in [0.15, 0.2) is 0 Å². The number of aliphatic hydroxyl groups excluding tert-OH is 1. The van der Waals surface area contributed by atoms with Gasteiger partial charge in [-0.05, 0) is 0 Å². The van der Waals surface area contributed by atoms with Crippen LogP contribution in [0.4, 0.5) is 4.79 Å². The molecule has 0 aliphatic carbocycles. The Bertz CT molecular complexity index is 231. The van der Waals surface area contributed by atoms with Gasteiger partial charge in [-0.2, -0.15) is 0 Å². The Balaban J connectivity index is 2.51. The topological polar surface area (TPSA) is 89.9 Å². The maximum Gasteiger partial charge on any atom is 0.407 e. The van der Waals surface area contributed by atoms with Crippen LogP contribution in [-0.4, -0.2) is 52.3 Å². The number of nitrogens with one attached hydrogen (secondary N) is 1. The number of likely N-dealkylation sites (tertiary alicyclic amines) is 1. The summed E-state index contributed by atoms with van der Waals surface area (Å²) in [4.78, 5) is 22.2. The van der Waals surface area contributed by atoms with E-state index in [1.54, 1.807) is 0 Å². The Labute approximate surface area is 75.1 Å². The molecule has 6 heteroatoms. The summed E-state index contributed by atoms with van der Waals surface area (Å²) in [6.45, 7) is 1.53. The summed E-state index contributed by atoms with van der Waals surface area (Å²) in [7, 11) is 0. The van der Waals surface area contributed by atoms with Gasteiger partial charge in [0, 0.05) is 13.5 Å². The van der Waals surface area contributed by atoms with Crippen molar-refractivity contribution in [3.8, 4) is 0 Å². The van der Waals surface area contributed by atoms with Gasteiger partial charge in [-0.3, -0.25) is 4.79 Å². The molecule has 1 rings (SSSR count). The van der Waals surface area contributed by atoms with Crippen molar-refractivity contribution in [2.24, 2.45) is 0 Å². The maximum absolute atomic E-state index is 10.6. The van der Waals surface area contributed by atoms with Crippen LogP contribution in [0.5, 0.6) is 0 Å². The normalized spacial score (nSPS) is 27.4. The van der Waals surface area contributed by atoms with Gasteiger partial charge in [-0.1, -0.05) is 0 Å². The average molecular weight is 188 g/mol. The van der Waals surface area contributed by atoms with Crippen LogP contribution in [-0.2, 0) is 4.79 Å². The molecule has 0 radical (unpaired) electrons. The Morgan fingerprint density at radius 1 is 1.46 bits per heavy atom. The summed E-state index contributed by atoms with van der Waals surface area (Å²) >= 11 is 0. The largest absolute Gasteiger partial charge is 0.465 e. The molecule has 0 aromatic carbocycles. The Morgan fingerprint density at radius 3 is 2.46 bits per heavy atom. The number of carbonyl (C=O) groups is 2. The second-order valence-electron chi connectivity index (χ2n) is 3.06. The fourth-order valence-electron chi connectivity index (χ4n) is 1.35. The average Bonchev–Trinajstić information content (AvgIpc) is 2.31. The summed E-state index contributed by atoms with van der Waals surface area (Å²) < 4.78 is 0. The van der Waals surface area contributed by atoms with Crippen LogP contribution in [0.3, 0.4) is 0 Å². The molecule has 1 saturated heterocycles. The van der Waals surface area contributed by atoms with Crippen LogP contribution < -0.4 is 5.32 Å². The number of carboxylic acid groups (broad SMARTS) is 1. The summed E-state index contributed by atoms with van der Waals surface area (Å²) in [6, 6.07) is -0.478. The molecule has 1 fully saturated rings. The van der Waals surface area contributed by atoms with E-state index in [0.717, 1.165) is 4.90 Å². The van der Waals surface area contributed by atoms with E-state index in [-0.39, 0.29) is 19.0 Å². The minimum absolute atomic E-state index is 0.0558. The van der Waals surface area contributed by atoms with Crippen molar-refractivity contribution >= 4 is 12.0 Å². The van der Waals surface area contributed by atoms with Gasteiger partial charge in [0.2, 0.25) is 5.91 Å². The van der Waals surface area contributed by atoms with Crippen LogP contribution >= 0.6 is 0 Å². The zero-order valence-corrected chi connectivity index (χ0v) is 7.23. The lowest BCUT2D eigenvalue weighted by atomic mass is 10.2. The van der Waals surface area contributed by atoms with Crippen molar-refractivity contribution in [3.63, 3.8) is 0 Å². The molecule has 3 N–H and O–H groups in total. The zero-order chi connectivity index (χ0) is 10.0.